The maximum atomic E-state index is 4.88. The van der Waals surface area contributed by atoms with Crippen molar-refractivity contribution in [2.75, 3.05) is 13.3 Å². The molecule has 0 spiro atoms. The summed E-state index contributed by atoms with van der Waals surface area (Å²) in [7, 11) is 8.66. The van der Waals surface area contributed by atoms with Crippen LogP contribution in [-0.2, 0) is 16.5 Å². The topological polar surface area (TPSA) is 0 Å². The summed E-state index contributed by atoms with van der Waals surface area (Å²) >= 11 is -0.472. The van der Waals surface area contributed by atoms with E-state index in [4.69, 9.17) is 18.8 Å². The second-order valence-corrected chi connectivity index (χ2v) is 14.9. The van der Waals surface area contributed by atoms with E-state index in [2.05, 4.69) is 135 Å². The normalized spacial score (nSPS) is 10.1. The molecule has 0 aliphatic heterocycles. The molecule has 5 heteroatoms. The van der Waals surface area contributed by atoms with Crippen molar-refractivity contribution in [2.24, 2.45) is 0 Å². The van der Waals surface area contributed by atoms with Crippen molar-refractivity contribution in [3.05, 3.63) is 121 Å². The van der Waals surface area contributed by atoms with Crippen LogP contribution in [0.25, 0.3) is 0 Å². The van der Waals surface area contributed by atoms with Gasteiger partial charge in [0.1, 0.15) is 0 Å². The number of halogens is 2. The summed E-state index contributed by atoms with van der Waals surface area (Å²) in [5.41, 5.74) is 0. The summed E-state index contributed by atoms with van der Waals surface area (Å²) in [5.74, 6) is 0. The number of rotatable bonds is 4. The van der Waals surface area contributed by atoms with Gasteiger partial charge in [-0.3, -0.25) is 0 Å². The molecule has 0 aliphatic carbocycles. The van der Waals surface area contributed by atoms with Crippen LogP contribution in [0.4, 0.5) is 0 Å². The van der Waals surface area contributed by atoms with Gasteiger partial charge in [0, 0.05) is 0 Å². The van der Waals surface area contributed by atoms with Crippen molar-refractivity contribution < 1.29 is 16.5 Å². The second-order valence-electron chi connectivity index (χ2n) is 6.76. The third-order valence-electron chi connectivity index (χ3n) is 4.83. The van der Waals surface area contributed by atoms with E-state index in [1.165, 1.54) is 21.2 Å². The molecule has 0 aliphatic rings. The molecule has 0 N–H and O–H groups in total. The third kappa shape index (κ3) is 9.58. The predicted molar refractivity (Wildman–Crippen MR) is 144 cm³/mol. The fraction of sp³-hybridized carbons (Fsp3) is 0.0769. The zero-order chi connectivity index (χ0) is 22.3. The Bertz CT molecular complexity index is 796. The SMILES string of the molecule is C[PH+](c1ccccc1)c1ccccc1.C[PH+](c1ccccc1)c1ccccc1.[Cl][Pt][Cl]. The molecule has 0 unspecified atom stereocenters. The Balaban J connectivity index is 0.000000196. The van der Waals surface area contributed by atoms with Crippen LogP contribution in [0.5, 0.6) is 0 Å². The van der Waals surface area contributed by atoms with Crippen LogP contribution in [0.3, 0.4) is 0 Å². The molecule has 164 valence electrons. The van der Waals surface area contributed by atoms with Gasteiger partial charge in [0.25, 0.3) is 0 Å². The van der Waals surface area contributed by atoms with E-state index < -0.39 is 32.3 Å². The monoisotopic (exact) mass is 667 g/mol. The fourth-order valence-electron chi connectivity index (χ4n) is 3.09. The zero-order valence-electron chi connectivity index (χ0n) is 17.6. The van der Waals surface area contributed by atoms with Gasteiger partial charge in [0.2, 0.25) is 0 Å². The molecule has 0 radical (unpaired) electrons. The summed E-state index contributed by atoms with van der Waals surface area (Å²) in [6.07, 6.45) is 0. The van der Waals surface area contributed by atoms with Crippen LogP contribution in [0.2, 0.25) is 0 Å². The molecule has 4 aromatic carbocycles. The summed E-state index contributed by atoms with van der Waals surface area (Å²) in [6, 6.07) is 43.0. The average Bonchev–Trinajstić information content (AvgIpc) is 2.86. The molecule has 0 saturated heterocycles. The molecule has 4 aromatic rings. The quantitative estimate of drug-likeness (QED) is 0.223. The van der Waals surface area contributed by atoms with Crippen molar-refractivity contribution in [2.45, 2.75) is 0 Å². The second kappa shape index (κ2) is 15.8. The van der Waals surface area contributed by atoms with E-state index in [0.29, 0.717) is 0 Å². The molecule has 0 nitrogen and oxygen atoms in total. The van der Waals surface area contributed by atoms with Gasteiger partial charge in [-0.15, -0.1) is 0 Å². The van der Waals surface area contributed by atoms with Crippen molar-refractivity contribution in [3.63, 3.8) is 0 Å². The van der Waals surface area contributed by atoms with E-state index in [-0.39, 0.29) is 0 Å². The molecule has 0 bridgehead atoms. The Morgan fingerprint density at radius 1 is 0.419 bits per heavy atom. The first-order chi connectivity index (χ1) is 15.2. The van der Waals surface area contributed by atoms with Crippen LogP contribution in [-0.4, -0.2) is 13.3 Å². The van der Waals surface area contributed by atoms with Crippen LogP contribution in [0.1, 0.15) is 0 Å². The number of hydrogen-bond acceptors (Lipinski definition) is 0. The van der Waals surface area contributed by atoms with Gasteiger partial charge in [-0.05, 0) is 48.5 Å². The average molecular weight is 668 g/mol. The zero-order valence-corrected chi connectivity index (χ0v) is 23.4. The molecule has 0 atom stereocenters. The number of hydrogen-bond donors (Lipinski definition) is 0. The van der Waals surface area contributed by atoms with Gasteiger partial charge in [-0.25, -0.2) is 0 Å². The molecule has 0 amide bonds. The van der Waals surface area contributed by atoms with Crippen molar-refractivity contribution in [3.8, 4) is 0 Å². The molecule has 31 heavy (non-hydrogen) atoms. The fourth-order valence-corrected chi connectivity index (χ4v) is 6.52. The minimum atomic E-state index is -0.545. The van der Waals surface area contributed by atoms with Gasteiger partial charge in [-0.1, -0.05) is 72.8 Å². The molecule has 0 fully saturated rings. The minimum absolute atomic E-state index is 0.472. The maximum absolute atomic E-state index is 4.88. The first-order valence-corrected chi connectivity index (χ1v) is 19.5. The van der Waals surface area contributed by atoms with Crippen molar-refractivity contribution in [1.82, 2.24) is 0 Å². The van der Waals surface area contributed by atoms with Crippen molar-refractivity contribution in [1.29, 1.82) is 0 Å². The Labute approximate surface area is 205 Å². The Kier molecular flexibility index (Phi) is 13.3. The van der Waals surface area contributed by atoms with Gasteiger partial charge in [0.15, 0.2) is 0 Å². The molecule has 0 heterocycles. The molecule has 0 aromatic heterocycles. The molecular formula is C26H28Cl2P2Pt+2. The van der Waals surface area contributed by atoms with E-state index in [9.17, 15) is 0 Å². The van der Waals surface area contributed by atoms with Crippen molar-refractivity contribution >= 4 is 55.9 Å². The third-order valence-corrected chi connectivity index (χ3v) is 9.62. The first-order valence-electron chi connectivity index (χ1n) is 9.88. The molecule has 0 saturated carbocycles. The predicted octanol–water partition coefficient (Wildman–Crippen LogP) is 6.34. The summed E-state index contributed by atoms with van der Waals surface area (Å²) in [4.78, 5) is 0. The molecular weight excluding hydrogens is 640 g/mol. The molecule has 4 rings (SSSR count). The van der Waals surface area contributed by atoms with Gasteiger partial charge >= 0.3 is 35.3 Å². The Morgan fingerprint density at radius 3 is 0.742 bits per heavy atom. The Hall–Kier alpha value is -0.992. The van der Waals surface area contributed by atoms with E-state index in [1.54, 1.807) is 0 Å². The van der Waals surface area contributed by atoms with E-state index in [1.807, 2.05) is 0 Å². The van der Waals surface area contributed by atoms with E-state index >= 15 is 0 Å². The summed E-state index contributed by atoms with van der Waals surface area (Å²) in [5, 5.41) is 5.90. The van der Waals surface area contributed by atoms with Crippen LogP contribution >= 0.6 is 34.7 Å². The van der Waals surface area contributed by atoms with Gasteiger partial charge in [-0.2, -0.15) is 0 Å². The Morgan fingerprint density at radius 2 is 0.581 bits per heavy atom. The van der Waals surface area contributed by atoms with Gasteiger partial charge in [0.05, 0.1) is 50.4 Å². The van der Waals surface area contributed by atoms with Gasteiger partial charge < -0.3 is 0 Å². The number of benzene rings is 4. The summed E-state index contributed by atoms with van der Waals surface area (Å²) < 4.78 is 0. The van der Waals surface area contributed by atoms with Crippen LogP contribution in [0, 0.1) is 0 Å². The standard InChI is InChI=1S/2C13H13P.2ClH.Pt/c2*1-14(12-8-4-2-5-9-12)13-10-6-3-7-11-13;;;/h2*2-11H,1H3;2*1H;/q;;;;+2. The first kappa shape index (κ1) is 26.3. The van der Waals surface area contributed by atoms with E-state index in [0.717, 1.165) is 0 Å². The van der Waals surface area contributed by atoms with Crippen LogP contribution < -0.4 is 21.2 Å². The van der Waals surface area contributed by atoms with Crippen LogP contribution in [0.15, 0.2) is 121 Å². The summed E-state index contributed by atoms with van der Waals surface area (Å²) in [6.45, 7) is 4.69.